The third kappa shape index (κ3) is 0.421. The maximum absolute atomic E-state index is 11.9. The Morgan fingerprint density at radius 3 is 2.17 bits per heavy atom. The van der Waals surface area contributed by atoms with Gasteiger partial charge in [0.2, 0.25) is 0 Å². The second-order valence-corrected chi connectivity index (χ2v) is 1.65. The molecule has 2 heteroatoms. The summed E-state index contributed by atoms with van der Waals surface area (Å²) in [5.41, 5.74) is -1.39. The van der Waals surface area contributed by atoms with Crippen LogP contribution in [-0.4, -0.2) is 12.0 Å². The molecule has 34 valence electrons. The summed E-state index contributed by atoms with van der Waals surface area (Å²) in [7, 11) is 0. The van der Waals surface area contributed by atoms with Gasteiger partial charge in [-0.05, 0) is 12.8 Å². The predicted molar refractivity (Wildman–Crippen MR) is 19.1 cm³/mol. The molecular formula is C4H5FO. The summed E-state index contributed by atoms with van der Waals surface area (Å²) in [4.78, 5) is 9.51. The molecule has 0 aliphatic heterocycles. The second kappa shape index (κ2) is 0.806. The lowest BCUT2D eigenvalue weighted by Gasteiger charge is -1.80. The van der Waals surface area contributed by atoms with E-state index in [1.54, 1.807) is 0 Å². The molecule has 0 heterocycles. The zero-order valence-corrected chi connectivity index (χ0v) is 3.28. The summed E-state index contributed by atoms with van der Waals surface area (Å²) in [6, 6.07) is 0. The molecule has 1 aliphatic rings. The van der Waals surface area contributed by atoms with Gasteiger partial charge in [-0.25, -0.2) is 4.39 Å². The Hall–Kier alpha value is -0.400. The van der Waals surface area contributed by atoms with Gasteiger partial charge in [-0.3, -0.25) is 4.79 Å². The largest absolute Gasteiger partial charge is 0.300 e. The van der Waals surface area contributed by atoms with E-state index < -0.39 is 5.67 Å². The summed E-state index contributed by atoms with van der Waals surface area (Å²) < 4.78 is 11.9. The molecule has 1 rings (SSSR count). The number of carbonyl (C=O) groups excluding carboxylic acids is 1. The van der Waals surface area contributed by atoms with Gasteiger partial charge in [0.25, 0.3) is 0 Å². The van der Waals surface area contributed by atoms with E-state index in [1.165, 1.54) is 0 Å². The first-order valence-corrected chi connectivity index (χ1v) is 1.92. The van der Waals surface area contributed by atoms with Crippen LogP contribution in [0.15, 0.2) is 0 Å². The number of hydrogen-bond donors (Lipinski definition) is 0. The van der Waals surface area contributed by atoms with Gasteiger partial charge in [0, 0.05) is 0 Å². The highest BCUT2D eigenvalue weighted by Gasteiger charge is 2.42. The molecule has 0 unspecified atom stereocenters. The highest BCUT2D eigenvalue weighted by atomic mass is 19.1. The fourth-order valence-electron chi connectivity index (χ4n) is 0.237. The fourth-order valence-corrected chi connectivity index (χ4v) is 0.237. The van der Waals surface area contributed by atoms with Crippen LogP contribution in [0.3, 0.4) is 0 Å². The summed E-state index contributed by atoms with van der Waals surface area (Å²) in [5.74, 6) is 0. The van der Waals surface area contributed by atoms with Crippen molar-refractivity contribution in [1.82, 2.24) is 0 Å². The van der Waals surface area contributed by atoms with Crippen LogP contribution >= 0.6 is 0 Å². The number of aldehydes is 1. The third-order valence-corrected chi connectivity index (χ3v) is 0.939. The monoisotopic (exact) mass is 88.0 g/mol. The van der Waals surface area contributed by atoms with Crippen LogP contribution in [-0.2, 0) is 4.79 Å². The van der Waals surface area contributed by atoms with E-state index in [2.05, 4.69) is 0 Å². The van der Waals surface area contributed by atoms with E-state index in [-0.39, 0.29) is 0 Å². The lowest BCUT2D eigenvalue weighted by molar-refractivity contribution is -0.113. The summed E-state index contributed by atoms with van der Waals surface area (Å²) in [6.07, 6.45) is 1.26. The van der Waals surface area contributed by atoms with E-state index in [1.807, 2.05) is 0 Å². The normalized spacial score (nSPS) is 26.2. The van der Waals surface area contributed by atoms with Gasteiger partial charge in [0.05, 0.1) is 0 Å². The van der Waals surface area contributed by atoms with Crippen molar-refractivity contribution in [3.63, 3.8) is 0 Å². The maximum atomic E-state index is 11.9. The molecule has 0 spiro atoms. The van der Waals surface area contributed by atoms with Gasteiger partial charge in [-0.15, -0.1) is 0 Å². The minimum Gasteiger partial charge on any atom is -0.300 e. The second-order valence-electron chi connectivity index (χ2n) is 1.65. The van der Waals surface area contributed by atoms with Crippen molar-refractivity contribution in [2.45, 2.75) is 18.5 Å². The molecule has 1 nitrogen and oxygen atoms in total. The number of rotatable bonds is 1. The van der Waals surface area contributed by atoms with E-state index in [4.69, 9.17) is 0 Å². The fraction of sp³-hybridized carbons (Fsp3) is 0.750. The molecule has 6 heavy (non-hydrogen) atoms. The Bertz CT molecular complexity index is 75.6. The average molecular weight is 88.1 g/mol. The molecule has 0 N–H and O–H groups in total. The van der Waals surface area contributed by atoms with Gasteiger partial charge in [-0.2, -0.15) is 0 Å². The van der Waals surface area contributed by atoms with Gasteiger partial charge < -0.3 is 0 Å². The topological polar surface area (TPSA) is 17.1 Å². The molecular weight excluding hydrogens is 83.0 g/mol. The van der Waals surface area contributed by atoms with Crippen molar-refractivity contribution < 1.29 is 9.18 Å². The van der Waals surface area contributed by atoms with E-state index in [9.17, 15) is 9.18 Å². The molecule has 0 aromatic carbocycles. The van der Waals surface area contributed by atoms with Crippen LogP contribution in [0.1, 0.15) is 12.8 Å². The summed E-state index contributed by atoms with van der Waals surface area (Å²) in [6.45, 7) is 0. The van der Waals surface area contributed by atoms with Gasteiger partial charge in [0.1, 0.15) is 0 Å². The van der Waals surface area contributed by atoms with E-state index in [0.717, 1.165) is 0 Å². The molecule has 0 amide bonds. The van der Waals surface area contributed by atoms with Crippen molar-refractivity contribution in [2.75, 3.05) is 0 Å². The first-order chi connectivity index (χ1) is 2.77. The van der Waals surface area contributed by atoms with Crippen molar-refractivity contribution in [3.05, 3.63) is 0 Å². The lowest BCUT2D eigenvalue weighted by Crippen LogP contribution is -1.97. The zero-order valence-electron chi connectivity index (χ0n) is 3.28. The van der Waals surface area contributed by atoms with Crippen LogP contribution in [0.2, 0.25) is 0 Å². The van der Waals surface area contributed by atoms with Crippen LogP contribution in [0.25, 0.3) is 0 Å². The first-order valence-electron chi connectivity index (χ1n) is 1.92. The number of carbonyl (C=O) groups is 1. The standard InChI is InChI=1S/C4H5FO/c5-4(3-6)1-2-4/h3H,1-2H2. The maximum Gasteiger partial charge on any atom is 0.166 e. The minimum absolute atomic E-state index is 0.382. The van der Waals surface area contributed by atoms with Crippen molar-refractivity contribution in [2.24, 2.45) is 0 Å². The summed E-state index contributed by atoms with van der Waals surface area (Å²) >= 11 is 0. The van der Waals surface area contributed by atoms with Crippen molar-refractivity contribution >= 4 is 6.29 Å². The molecule has 1 saturated carbocycles. The SMILES string of the molecule is O=CC1(F)CC1. The van der Waals surface area contributed by atoms with Crippen LogP contribution < -0.4 is 0 Å². The molecule has 1 fully saturated rings. The molecule has 0 aromatic rings. The van der Waals surface area contributed by atoms with E-state index >= 15 is 0 Å². The quantitative estimate of drug-likeness (QED) is 0.431. The smallest absolute Gasteiger partial charge is 0.166 e. The minimum atomic E-state index is -1.39. The number of halogens is 1. The Balaban J connectivity index is 2.47. The Morgan fingerprint density at radius 2 is 2.17 bits per heavy atom. The average Bonchev–Trinajstić information content (AvgIpc) is 2.22. The predicted octanol–water partition coefficient (Wildman–Crippen LogP) is 0.687. The van der Waals surface area contributed by atoms with Crippen LogP contribution in [0.5, 0.6) is 0 Å². The molecule has 0 bridgehead atoms. The number of alkyl halides is 1. The van der Waals surface area contributed by atoms with Gasteiger partial charge in [-0.1, -0.05) is 0 Å². The molecule has 1 aliphatic carbocycles. The molecule has 0 radical (unpaired) electrons. The third-order valence-electron chi connectivity index (χ3n) is 0.939. The van der Waals surface area contributed by atoms with Crippen LogP contribution in [0.4, 0.5) is 4.39 Å². The molecule has 0 saturated heterocycles. The van der Waals surface area contributed by atoms with Crippen LogP contribution in [0, 0.1) is 0 Å². The number of hydrogen-bond acceptors (Lipinski definition) is 1. The Morgan fingerprint density at radius 1 is 1.67 bits per heavy atom. The van der Waals surface area contributed by atoms with Crippen molar-refractivity contribution in [1.29, 1.82) is 0 Å². The van der Waals surface area contributed by atoms with Crippen molar-refractivity contribution in [3.8, 4) is 0 Å². The highest BCUT2D eigenvalue weighted by Crippen LogP contribution is 2.36. The highest BCUT2D eigenvalue weighted by molar-refractivity contribution is 5.66. The zero-order chi connectivity index (χ0) is 4.62. The van der Waals surface area contributed by atoms with Gasteiger partial charge in [0.15, 0.2) is 12.0 Å². The van der Waals surface area contributed by atoms with E-state index in [0.29, 0.717) is 19.1 Å². The molecule has 0 aromatic heterocycles. The summed E-state index contributed by atoms with van der Waals surface area (Å²) in [5, 5.41) is 0. The Kier molecular flexibility index (Phi) is 0.508. The molecule has 0 atom stereocenters. The van der Waals surface area contributed by atoms with Gasteiger partial charge >= 0.3 is 0 Å². The first kappa shape index (κ1) is 3.78. The lowest BCUT2D eigenvalue weighted by atomic mass is 10.4. The Labute approximate surface area is 35.2 Å².